The molecule has 3 heterocycles. The van der Waals surface area contributed by atoms with Gasteiger partial charge in [-0.2, -0.15) is 5.10 Å². The van der Waals surface area contributed by atoms with Gasteiger partial charge in [-0.05, 0) is 48.7 Å². The zero-order chi connectivity index (χ0) is 26.1. The Morgan fingerprint density at radius 3 is 2.49 bits per heavy atom. The number of para-hydroxylation sites is 2. The minimum atomic E-state index is -0.946. The van der Waals surface area contributed by atoms with Gasteiger partial charge in [0.15, 0.2) is 0 Å². The number of fused-ring (bicyclic) bond motifs is 2. The van der Waals surface area contributed by atoms with Gasteiger partial charge in [0.05, 0.1) is 24.1 Å². The number of nitrogens with one attached hydrogen (secondary N) is 1. The summed E-state index contributed by atoms with van der Waals surface area (Å²) in [6.07, 6.45) is 1.74. The molecule has 10 heteroatoms. The van der Waals surface area contributed by atoms with E-state index >= 15 is 0 Å². The van der Waals surface area contributed by atoms with Crippen LogP contribution in [-0.2, 0) is 24.8 Å². The fourth-order valence-corrected chi connectivity index (χ4v) is 4.95. The molecule has 1 aromatic heterocycles. The first-order valence-corrected chi connectivity index (χ1v) is 12.4. The lowest BCUT2D eigenvalue weighted by atomic mass is 10.00. The average molecular weight is 503 g/mol. The number of anilines is 3. The topological polar surface area (TPSA) is 111 Å². The van der Waals surface area contributed by atoms with Crippen molar-refractivity contribution in [1.82, 2.24) is 19.6 Å². The Hall–Kier alpha value is -4.34. The Morgan fingerprint density at radius 1 is 1.03 bits per heavy atom. The van der Waals surface area contributed by atoms with Crippen LogP contribution in [0.4, 0.5) is 22.0 Å². The van der Waals surface area contributed by atoms with Crippen LogP contribution < -0.4 is 10.2 Å². The summed E-state index contributed by atoms with van der Waals surface area (Å²) in [5, 5.41) is 16.8. The van der Waals surface area contributed by atoms with E-state index in [9.17, 15) is 14.4 Å². The maximum atomic E-state index is 13.7. The highest BCUT2D eigenvalue weighted by Gasteiger charge is 2.27. The summed E-state index contributed by atoms with van der Waals surface area (Å²) < 4.78 is 1.77. The minimum Gasteiger partial charge on any atom is -0.465 e. The van der Waals surface area contributed by atoms with E-state index < -0.39 is 6.09 Å². The Kier molecular flexibility index (Phi) is 6.56. The van der Waals surface area contributed by atoms with Gasteiger partial charge in [-0.25, -0.2) is 4.79 Å². The van der Waals surface area contributed by atoms with E-state index in [2.05, 4.69) is 10.4 Å². The Labute approximate surface area is 215 Å². The van der Waals surface area contributed by atoms with Crippen LogP contribution in [0.15, 0.2) is 48.7 Å². The molecule has 37 heavy (non-hydrogen) atoms. The van der Waals surface area contributed by atoms with Crippen molar-refractivity contribution in [2.75, 3.05) is 36.4 Å². The van der Waals surface area contributed by atoms with Crippen LogP contribution in [0.25, 0.3) is 0 Å². The third-order valence-electron chi connectivity index (χ3n) is 7.14. The highest BCUT2D eigenvalue weighted by Crippen LogP contribution is 2.36. The number of hydrogen-bond acceptors (Lipinski definition) is 5. The summed E-state index contributed by atoms with van der Waals surface area (Å²) in [6.45, 7) is 3.87. The van der Waals surface area contributed by atoms with Crippen molar-refractivity contribution in [3.63, 3.8) is 0 Å². The van der Waals surface area contributed by atoms with Crippen LogP contribution in [0.5, 0.6) is 0 Å². The van der Waals surface area contributed by atoms with Gasteiger partial charge in [0.1, 0.15) is 5.82 Å². The number of amides is 3. The van der Waals surface area contributed by atoms with E-state index in [0.29, 0.717) is 51.1 Å². The smallest absolute Gasteiger partial charge is 0.407 e. The van der Waals surface area contributed by atoms with Crippen LogP contribution in [0, 0.1) is 6.92 Å². The van der Waals surface area contributed by atoms with Gasteiger partial charge in [-0.1, -0.05) is 18.2 Å². The Morgan fingerprint density at radius 2 is 1.76 bits per heavy atom. The number of piperazine rings is 1. The Bertz CT molecular complexity index is 1360. The van der Waals surface area contributed by atoms with Crippen molar-refractivity contribution in [3.05, 3.63) is 70.9 Å². The lowest BCUT2D eigenvalue weighted by Gasteiger charge is -2.33. The number of carbonyl (C=O) groups excluding carboxylic acids is 2. The normalized spacial score (nSPS) is 14.9. The van der Waals surface area contributed by atoms with E-state index in [-0.39, 0.29) is 11.8 Å². The van der Waals surface area contributed by atoms with E-state index in [0.717, 1.165) is 33.9 Å². The summed E-state index contributed by atoms with van der Waals surface area (Å²) in [6, 6.07) is 13.4. The van der Waals surface area contributed by atoms with Crippen LogP contribution >= 0.6 is 0 Å². The molecule has 2 aromatic carbocycles. The molecule has 10 nitrogen and oxygen atoms in total. The number of aromatic nitrogens is 2. The molecule has 3 aromatic rings. The van der Waals surface area contributed by atoms with E-state index in [4.69, 9.17) is 5.11 Å². The maximum absolute atomic E-state index is 13.7. The predicted octanol–water partition coefficient (Wildman–Crippen LogP) is 3.39. The van der Waals surface area contributed by atoms with Gasteiger partial charge in [-0.15, -0.1) is 0 Å². The molecule has 2 aliphatic heterocycles. The molecule has 1 saturated heterocycles. The maximum Gasteiger partial charge on any atom is 0.407 e. The molecule has 3 amide bonds. The molecule has 0 radical (unpaired) electrons. The van der Waals surface area contributed by atoms with Crippen molar-refractivity contribution >= 4 is 35.1 Å². The molecule has 0 bridgehead atoms. The van der Waals surface area contributed by atoms with Crippen molar-refractivity contribution in [3.8, 4) is 0 Å². The second-order valence-corrected chi connectivity index (χ2v) is 9.47. The number of carbonyl (C=O) groups is 3. The molecule has 0 spiro atoms. The average Bonchev–Trinajstić information content (AvgIpc) is 3.15. The van der Waals surface area contributed by atoms with Crippen LogP contribution in [0.3, 0.4) is 0 Å². The lowest BCUT2D eigenvalue weighted by Crippen LogP contribution is -2.50. The number of nitrogens with zero attached hydrogens (tertiary/aromatic N) is 5. The standard InChI is InChI=1S/C27H30N6O4/c1-18-15-20(8-7-19(18)9-10-24(34)31-11-13-32(14-12-31)27(36)37)26(35)33-17-21-16-28-30(2)25(21)29-22-5-3-4-6-23(22)33/h3-8,15-16,29H,9-14,17H2,1-2H3,(H,36,37). The van der Waals surface area contributed by atoms with Gasteiger partial charge < -0.3 is 25.1 Å². The second kappa shape index (κ2) is 9.96. The zero-order valence-corrected chi connectivity index (χ0v) is 21.0. The Balaban J connectivity index is 1.28. The van der Waals surface area contributed by atoms with Crippen molar-refractivity contribution in [2.45, 2.75) is 26.3 Å². The van der Waals surface area contributed by atoms with Gasteiger partial charge in [-0.3, -0.25) is 14.3 Å². The van der Waals surface area contributed by atoms with Crippen molar-refractivity contribution in [2.24, 2.45) is 7.05 Å². The van der Waals surface area contributed by atoms with Gasteiger partial charge in [0.25, 0.3) is 5.91 Å². The summed E-state index contributed by atoms with van der Waals surface area (Å²) in [4.78, 5) is 42.3. The van der Waals surface area contributed by atoms with Gasteiger partial charge in [0.2, 0.25) is 5.91 Å². The number of hydrogen-bond donors (Lipinski definition) is 2. The molecule has 0 atom stereocenters. The number of rotatable bonds is 4. The zero-order valence-electron chi connectivity index (χ0n) is 21.0. The largest absolute Gasteiger partial charge is 0.465 e. The lowest BCUT2D eigenvalue weighted by molar-refractivity contribution is -0.132. The van der Waals surface area contributed by atoms with Crippen molar-refractivity contribution in [1.29, 1.82) is 0 Å². The molecule has 1 fully saturated rings. The molecule has 0 unspecified atom stereocenters. The van der Waals surface area contributed by atoms with E-state index in [1.165, 1.54) is 4.90 Å². The first kappa shape index (κ1) is 24.4. The number of carboxylic acid groups (broad SMARTS) is 1. The van der Waals surface area contributed by atoms with Gasteiger partial charge >= 0.3 is 6.09 Å². The minimum absolute atomic E-state index is 0.0190. The summed E-state index contributed by atoms with van der Waals surface area (Å²) >= 11 is 0. The predicted molar refractivity (Wildman–Crippen MR) is 139 cm³/mol. The summed E-state index contributed by atoms with van der Waals surface area (Å²) in [7, 11) is 1.87. The molecule has 0 saturated carbocycles. The van der Waals surface area contributed by atoms with Gasteiger partial charge in [0, 0.05) is 50.8 Å². The molecule has 2 N–H and O–H groups in total. The summed E-state index contributed by atoms with van der Waals surface area (Å²) in [5.41, 5.74) is 5.13. The second-order valence-electron chi connectivity index (χ2n) is 9.47. The van der Waals surface area contributed by atoms with Crippen LogP contribution in [-0.4, -0.2) is 68.8 Å². The van der Waals surface area contributed by atoms with E-state index in [1.807, 2.05) is 56.4 Å². The molecule has 192 valence electrons. The van der Waals surface area contributed by atoms with Crippen LogP contribution in [0.2, 0.25) is 0 Å². The molecule has 5 rings (SSSR count). The SMILES string of the molecule is Cc1cc(C(=O)N2Cc3cnn(C)c3Nc3ccccc32)ccc1CCC(=O)N1CCN(C(=O)O)CC1. The molecule has 2 aliphatic rings. The quantitative estimate of drug-likeness (QED) is 0.566. The highest BCUT2D eigenvalue weighted by molar-refractivity contribution is 6.08. The van der Waals surface area contributed by atoms with E-state index in [1.54, 1.807) is 20.7 Å². The summed E-state index contributed by atoms with van der Waals surface area (Å²) in [5.74, 6) is 0.779. The monoisotopic (exact) mass is 502 g/mol. The molecular formula is C27H30N6O4. The first-order chi connectivity index (χ1) is 17.8. The third kappa shape index (κ3) is 4.87. The number of benzene rings is 2. The third-order valence-corrected chi connectivity index (χ3v) is 7.14. The van der Waals surface area contributed by atoms with Crippen LogP contribution in [0.1, 0.15) is 33.5 Å². The highest BCUT2D eigenvalue weighted by atomic mass is 16.4. The number of aryl methyl sites for hydroxylation is 3. The molecular weight excluding hydrogens is 472 g/mol. The molecule has 0 aliphatic carbocycles. The first-order valence-electron chi connectivity index (χ1n) is 12.4. The fraction of sp³-hybridized carbons (Fsp3) is 0.333. The fourth-order valence-electron chi connectivity index (χ4n) is 4.95. The van der Waals surface area contributed by atoms with Crippen molar-refractivity contribution < 1.29 is 19.5 Å².